The molecule has 0 N–H and O–H groups in total. The summed E-state index contributed by atoms with van der Waals surface area (Å²) in [6.07, 6.45) is 0.486. The van der Waals surface area contributed by atoms with Gasteiger partial charge in [-0.25, -0.2) is 4.98 Å². The van der Waals surface area contributed by atoms with Crippen molar-refractivity contribution in [2.24, 2.45) is 0 Å². The molecular weight excluding hydrogens is 434 g/mol. The second-order valence-electron chi connectivity index (χ2n) is 6.47. The summed E-state index contributed by atoms with van der Waals surface area (Å²) in [5, 5.41) is -0.0786. The minimum atomic E-state index is -3.22. The first kappa shape index (κ1) is 21.7. The van der Waals surface area contributed by atoms with Gasteiger partial charge < -0.3 is 4.90 Å². The van der Waals surface area contributed by atoms with E-state index in [0.29, 0.717) is 12.3 Å². The molecule has 3 rings (SSSR count). The summed E-state index contributed by atoms with van der Waals surface area (Å²) < 4.78 is 9.51. The van der Waals surface area contributed by atoms with Crippen molar-refractivity contribution in [2.45, 2.75) is 46.1 Å². The van der Waals surface area contributed by atoms with Crippen LogP contribution in [0.25, 0.3) is 10.6 Å². The number of hydrogen-bond acceptors (Lipinski definition) is 4. The highest BCUT2D eigenvalue weighted by Gasteiger charge is 2.31. The predicted molar refractivity (Wildman–Crippen MR) is 113 cm³/mol. The maximum Gasteiger partial charge on any atom is 0.339 e. The zero-order valence-electron chi connectivity index (χ0n) is 14.9. The van der Waals surface area contributed by atoms with Crippen molar-refractivity contribution in [3.63, 3.8) is 0 Å². The van der Waals surface area contributed by atoms with Gasteiger partial charge in [0.2, 0.25) is 5.91 Å². The third-order valence-electron chi connectivity index (χ3n) is 3.87. The summed E-state index contributed by atoms with van der Waals surface area (Å²) in [5.74, 6) is 0.619. The Morgan fingerprint density at radius 3 is 2.31 bits per heavy atom. The van der Waals surface area contributed by atoms with Crippen LogP contribution in [-0.4, -0.2) is 16.9 Å². The smallest absolute Gasteiger partial charge is 0.309 e. The molecule has 1 amide bonds. The molecule has 0 bridgehead atoms. The number of rotatable bonds is 3. The molecule has 0 unspecified atom stereocenters. The van der Waals surface area contributed by atoms with Gasteiger partial charge in [0.05, 0.1) is 12.1 Å². The lowest BCUT2D eigenvalue weighted by Gasteiger charge is -2.22. The molecule has 0 atom stereocenters. The standard InChI is InChI=1S/C17H20N2OS.Cl3OP/c1-10(2)14-9-21-17(18-14)12-6-5-7-15-13(12)8-16(20)19(15)11(3)4;1-5(2,3)4/h5-7,9-11H,8H2,1-4H3;. The Balaban J connectivity index is 0.000000431. The van der Waals surface area contributed by atoms with Crippen LogP contribution in [0.4, 0.5) is 5.69 Å². The molecule has 1 aliphatic heterocycles. The molecule has 0 aliphatic carbocycles. The van der Waals surface area contributed by atoms with E-state index in [9.17, 15) is 9.36 Å². The average molecular weight is 454 g/mol. The molecule has 142 valence electrons. The Kier molecular flexibility index (Phi) is 7.20. The van der Waals surface area contributed by atoms with Gasteiger partial charge in [-0.1, -0.05) is 26.0 Å². The SMILES string of the molecule is CC(C)c1csc(-c2cccc3c2CC(=O)N3C(C)C)n1.O=P(Cl)(Cl)Cl. The monoisotopic (exact) mass is 452 g/mol. The minimum absolute atomic E-state index is 0.188. The predicted octanol–water partition coefficient (Wildman–Crippen LogP) is 7.04. The number of hydrogen-bond donors (Lipinski definition) is 0. The number of aromatic nitrogens is 1. The van der Waals surface area contributed by atoms with Gasteiger partial charge in [-0.2, -0.15) is 0 Å². The summed E-state index contributed by atoms with van der Waals surface area (Å²) in [5.41, 5.74) is 4.41. The van der Waals surface area contributed by atoms with Gasteiger partial charge in [-0.15, -0.1) is 11.3 Å². The highest BCUT2D eigenvalue weighted by atomic mass is 36.0. The molecule has 26 heavy (non-hydrogen) atoms. The Hall–Kier alpha value is -0.580. The molecule has 0 saturated carbocycles. The third-order valence-corrected chi connectivity index (χ3v) is 4.76. The van der Waals surface area contributed by atoms with E-state index in [-0.39, 0.29) is 11.9 Å². The number of anilines is 1. The lowest BCUT2D eigenvalue weighted by molar-refractivity contribution is -0.117. The van der Waals surface area contributed by atoms with Crippen LogP contribution < -0.4 is 4.90 Å². The molecule has 1 aromatic carbocycles. The first-order valence-electron chi connectivity index (χ1n) is 8.07. The van der Waals surface area contributed by atoms with Crippen molar-refractivity contribution in [3.8, 4) is 10.6 Å². The molecule has 1 aromatic heterocycles. The van der Waals surface area contributed by atoms with Crippen LogP contribution in [0.15, 0.2) is 23.6 Å². The lowest BCUT2D eigenvalue weighted by Crippen LogP contribution is -2.33. The molecule has 0 radical (unpaired) electrons. The summed E-state index contributed by atoms with van der Waals surface area (Å²) in [7, 11) is 0. The first-order chi connectivity index (χ1) is 12.0. The van der Waals surface area contributed by atoms with E-state index in [1.165, 1.54) is 0 Å². The van der Waals surface area contributed by atoms with Crippen molar-refractivity contribution in [3.05, 3.63) is 34.8 Å². The normalized spacial score (nSPS) is 13.9. The van der Waals surface area contributed by atoms with Crippen LogP contribution in [0.3, 0.4) is 0 Å². The summed E-state index contributed by atoms with van der Waals surface area (Å²) in [6.45, 7) is 8.41. The fourth-order valence-electron chi connectivity index (χ4n) is 2.80. The fraction of sp³-hybridized carbons (Fsp3) is 0.412. The second-order valence-corrected chi connectivity index (χ2v) is 14.0. The van der Waals surface area contributed by atoms with Crippen LogP contribution in [-0.2, 0) is 15.8 Å². The van der Waals surface area contributed by atoms with E-state index in [2.05, 4.69) is 72.9 Å². The van der Waals surface area contributed by atoms with Crippen molar-refractivity contribution in [1.82, 2.24) is 4.98 Å². The Bertz CT molecular complexity index is 840. The zero-order valence-corrected chi connectivity index (χ0v) is 18.9. The van der Waals surface area contributed by atoms with E-state index in [1.807, 2.05) is 17.0 Å². The van der Waals surface area contributed by atoms with E-state index < -0.39 is 5.20 Å². The third kappa shape index (κ3) is 5.46. The fourth-order valence-corrected chi connectivity index (χ4v) is 3.83. The van der Waals surface area contributed by atoms with Crippen LogP contribution in [0.2, 0.25) is 0 Å². The zero-order chi connectivity index (χ0) is 19.6. The van der Waals surface area contributed by atoms with E-state index in [0.717, 1.165) is 27.5 Å². The lowest BCUT2D eigenvalue weighted by atomic mass is 10.1. The Morgan fingerprint density at radius 1 is 1.19 bits per heavy atom. The number of nitrogens with zero attached hydrogens (tertiary/aromatic N) is 2. The van der Waals surface area contributed by atoms with Gasteiger partial charge in [0, 0.05) is 22.7 Å². The molecule has 9 heteroatoms. The number of carbonyl (C=O) groups excluding carboxylic acids is 1. The highest BCUT2D eigenvalue weighted by molar-refractivity contribution is 8.24. The maximum atomic E-state index is 12.3. The van der Waals surface area contributed by atoms with Crippen molar-refractivity contribution >= 4 is 61.9 Å². The number of thiazole rings is 1. The van der Waals surface area contributed by atoms with Gasteiger partial charge in [0.1, 0.15) is 5.01 Å². The van der Waals surface area contributed by atoms with Gasteiger partial charge >= 0.3 is 5.20 Å². The summed E-state index contributed by atoms with van der Waals surface area (Å²) >= 11 is 15.5. The van der Waals surface area contributed by atoms with E-state index >= 15 is 0 Å². The molecule has 1 aliphatic rings. The van der Waals surface area contributed by atoms with E-state index in [4.69, 9.17) is 4.98 Å². The van der Waals surface area contributed by atoms with Crippen molar-refractivity contribution in [2.75, 3.05) is 4.90 Å². The number of amides is 1. The van der Waals surface area contributed by atoms with Crippen molar-refractivity contribution < 1.29 is 9.36 Å². The quantitative estimate of drug-likeness (QED) is 0.468. The topological polar surface area (TPSA) is 50.3 Å². The number of fused-ring (bicyclic) bond motifs is 1. The maximum absolute atomic E-state index is 12.3. The van der Waals surface area contributed by atoms with Crippen LogP contribution in [0.1, 0.15) is 44.9 Å². The van der Waals surface area contributed by atoms with Crippen LogP contribution in [0, 0.1) is 0 Å². The van der Waals surface area contributed by atoms with Crippen LogP contribution >= 0.6 is 50.3 Å². The Morgan fingerprint density at radius 2 is 1.81 bits per heavy atom. The molecule has 2 aromatic rings. The van der Waals surface area contributed by atoms with Gasteiger partial charge in [-0.3, -0.25) is 9.36 Å². The Labute approximate surface area is 172 Å². The molecule has 2 heterocycles. The highest BCUT2D eigenvalue weighted by Crippen LogP contribution is 2.61. The van der Waals surface area contributed by atoms with E-state index in [1.54, 1.807) is 11.3 Å². The summed E-state index contributed by atoms with van der Waals surface area (Å²) in [6, 6.07) is 6.34. The molecule has 0 fully saturated rings. The van der Waals surface area contributed by atoms with Gasteiger partial charge in [0.15, 0.2) is 0 Å². The van der Waals surface area contributed by atoms with Gasteiger partial charge in [0.25, 0.3) is 0 Å². The average Bonchev–Trinajstić information content (AvgIpc) is 3.08. The largest absolute Gasteiger partial charge is 0.339 e. The number of halogens is 3. The summed E-state index contributed by atoms with van der Waals surface area (Å²) in [4.78, 5) is 18.9. The molecular formula is C17H20Cl3N2O2PS. The molecule has 0 spiro atoms. The van der Waals surface area contributed by atoms with Crippen molar-refractivity contribution in [1.29, 1.82) is 0 Å². The van der Waals surface area contributed by atoms with Gasteiger partial charge in [-0.05, 0) is 65.1 Å². The van der Waals surface area contributed by atoms with Crippen LogP contribution in [0.5, 0.6) is 0 Å². The molecule has 0 saturated heterocycles. The first-order valence-corrected chi connectivity index (χ1v) is 13.4. The molecule has 4 nitrogen and oxygen atoms in total. The number of carbonyl (C=O) groups is 1. The minimum Gasteiger partial charge on any atom is -0.309 e. The number of benzene rings is 1. The second kappa shape index (κ2) is 8.62.